The van der Waals surface area contributed by atoms with E-state index < -0.39 is 23.4 Å². The van der Waals surface area contributed by atoms with Gasteiger partial charge in [-0.25, -0.2) is 9.18 Å². The summed E-state index contributed by atoms with van der Waals surface area (Å²) in [6, 6.07) is 4.02. The van der Waals surface area contributed by atoms with Gasteiger partial charge in [-0.15, -0.1) is 0 Å². The normalized spacial score (nSPS) is 27.0. The SMILES string of the molecule is O=C(O)C1(Nc2ccc(F)c(Cl)c2)CCC(O)CC1. The fourth-order valence-electron chi connectivity index (χ4n) is 2.34. The number of benzene rings is 1. The van der Waals surface area contributed by atoms with E-state index in [0.29, 0.717) is 31.4 Å². The average molecular weight is 288 g/mol. The summed E-state index contributed by atoms with van der Waals surface area (Å²) in [5, 5.41) is 21.8. The zero-order valence-electron chi connectivity index (χ0n) is 10.2. The molecule has 0 amide bonds. The first-order valence-corrected chi connectivity index (χ1v) is 6.45. The molecule has 0 spiro atoms. The summed E-state index contributed by atoms with van der Waals surface area (Å²) in [4.78, 5) is 11.5. The highest BCUT2D eigenvalue weighted by Crippen LogP contribution is 2.33. The van der Waals surface area contributed by atoms with Gasteiger partial charge in [0.1, 0.15) is 11.4 Å². The van der Waals surface area contributed by atoms with Crippen molar-refractivity contribution in [2.45, 2.75) is 37.3 Å². The molecule has 1 aliphatic carbocycles. The second-order valence-corrected chi connectivity index (χ2v) is 5.28. The number of carbonyl (C=O) groups is 1. The third-order valence-corrected chi connectivity index (χ3v) is 3.81. The molecule has 104 valence electrons. The van der Waals surface area contributed by atoms with E-state index >= 15 is 0 Å². The molecule has 6 heteroatoms. The van der Waals surface area contributed by atoms with Crippen molar-refractivity contribution in [3.8, 4) is 0 Å². The maximum Gasteiger partial charge on any atom is 0.329 e. The number of rotatable bonds is 3. The number of aliphatic carboxylic acids is 1. The minimum atomic E-state index is -1.12. The van der Waals surface area contributed by atoms with Gasteiger partial charge in [0.15, 0.2) is 0 Å². The molecule has 2 rings (SSSR count). The molecular weight excluding hydrogens is 273 g/mol. The predicted octanol–water partition coefficient (Wildman–Crippen LogP) is 2.65. The summed E-state index contributed by atoms with van der Waals surface area (Å²) in [6.07, 6.45) is 1.03. The highest BCUT2D eigenvalue weighted by atomic mass is 35.5. The zero-order chi connectivity index (χ0) is 14.0. The molecule has 3 N–H and O–H groups in total. The van der Waals surface area contributed by atoms with E-state index in [9.17, 15) is 19.4 Å². The van der Waals surface area contributed by atoms with Crippen LogP contribution in [-0.4, -0.2) is 27.8 Å². The Bertz CT molecular complexity index is 487. The maximum absolute atomic E-state index is 13.1. The fraction of sp³-hybridized carbons (Fsp3) is 0.462. The van der Waals surface area contributed by atoms with Gasteiger partial charge in [0.25, 0.3) is 0 Å². The Balaban J connectivity index is 2.21. The van der Waals surface area contributed by atoms with Crippen LogP contribution in [0.3, 0.4) is 0 Å². The third kappa shape index (κ3) is 2.98. The van der Waals surface area contributed by atoms with Gasteiger partial charge in [0.2, 0.25) is 0 Å². The Morgan fingerprint density at radius 3 is 2.58 bits per heavy atom. The molecule has 0 unspecified atom stereocenters. The van der Waals surface area contributed by atoms with Gasteiger partial charge in [-0.3, -0.25) is 0 Å². The number of nitrogens with one attached hydrogen (secondary N) is 1. The van der Waals surface area contributed by atoms with Crippen molar-refractivity contribution < 1.29 is 19.4 Å². The largest absolute Gasteiger partial charge is 0.480 e. The van der Waals surface area contributed by atoms with Gasteiger partial charge >= 0.3 is 5.97 Å². The summed E-state index contributed by atoms with van der Waals surface area (Å²) >= 11 is 5.68. The molecule has 1 aromatic carbocycles. The monoisotopic (exact) mass is 287 g/mol. The van der Waals surface area contributed by atoms with Crippen molar-refractivity contribution in [2.24, 2.45) is 0 Å². The number of carboxylic acid groups (broad SMARTS) is 1. The Morgan fingerprint density at radius 1 is 1.42 bits per heavy atom. The van der Waals surface area contributed by atoms with Crippen LogP contribution in [0.15, 0.2) is 18.2 Å². The standard InChI is InChI=1S/C13H15ClFNO3/c14-10-7-8(1-2-11(10)15)16-13(12(18)19)5-3-9(17)4-6-13/h1-2,7,9,16-17H,3-6H2,(H,18,19). The smallest absolute Gasteiger partial charge is 0.329 e. The van der Waals surface area contributed by atoms with Crippen molar-refractivity contribution in [1.29, 1.82) is 0 Å². The molecule has 1 aromatic rings. The first-order chi connectivity index (χ1) is 8.93. The van der Waals surface area contributed by atoms with Crippen molar-refractivity contribution in [3.63, 3.8) is 0 Å². The molecule has 0 bridgehead atoms. The van der Waals surface area contributed by atoms with Crippen LogP contribution in [0.5, 0.6) is 0 Å². The van der Waals surface area contributed by atoms with E-state index in [1.807, 2.05) is 0 Å². The van der Waals surface area contributed by atoms with Crippen LogP contribution in [0.1, 0.15) is 25.7 Å². The van der Waals surface area contributed by atoms with Gasteiger partial charge in [-0.05, 0) is 43.9 Å². The minimum Gasteiger partial charge on any atom is -0.480 e. The predicted molar refractivity (Wildman–Crippen MR) is 69.9 cm³/mol. The molecule has 0 aliphatic heterocycles. The Morgan fingerprint density at radius 2 is 2.05 bits per heavy atom. The first-order valence-electron chi connectivity index (χ1n) is 6.08. The van der Waals surface area contributed by atoms with Crippen LogP contribution < -0.4 is 5.32 Å². The van der Waals surface area contributed by atoms with Crippen molar-refractivity contribution in [2.75, 3.05) is 5.32 Å². The summed E-state index contributed by atoms with van der Waals surface area (Å²) in [5.74, 6) is -1.52. The lowest BCUT2D eigenvalue weighted by atomic mass is 9.80. The van der Waals surface area contributed by atoms with Gasteiger partial charge in [-0.2, -0.15) is 0 Å². The van der Waals surface area contributed by atoms with E-state index in [2.05, 4.69) is 5.32 Å². The average Bonchev–Trinajstić information content (AvgIpc) is 2.37. The molecule has 19 heavy (non-hydrogen) atoms. The molecular formula is C13H15ClFNO3. The van der Waals surface area contributed by atoms with Crippen molar-refractivity contribution >= 4 is 23.3 Å². The van der Waals surface area contributed by atoms with E-state index in [0.717, 1.165) is 0 Å². The summed E-state index contributed by atoms with van der Waals surface area (Å²) < 4.78 is 13.1. The number of anilines is 1. The second kappa shape index (κ2) is 5.35. The molecule has 0 aromatic heterocycles. The van der Waals surface area contributed by atoms with Crippen LogP contribution in [0.4, 0.5) is 10.1 Å². The Hall–Kier alpha value is -1.33. The summed E-state index contributed by atoms with van der Waals surface area (Å²) in [5.41, 5.74) is -0.661. The Labute approximate surface area is 115 Å². The Kier molecular flexibility index (Phi) is 3.96. The number of hydrogen-bond acceptors (Lipinski definition) is 3. The molecule has 1 saturated carbocycles. The molecule has 0 saturated heterocycles. The van der Waals surface area contributed by atoms with Gasteiger partial charge < -0.3 is 15.5 Å². The van der Waals surface area contributed by atoms with E-state index in [1.165, 1.54) is 18.2 Å². The lowest BCUT2D eigenvalue weighted by Crippen LogP contribution is -2.49. The molecule has 0 atom stereocenters. The van der Waals surface area contributed by atoms with Crippen molar-refractivity contribution in [3.05, 3.63) is 29.0 Å². The highest BCUT2D eigenvalue weighted by Gasteiger charge is 2.41. The van der Waals surface area contributed by atoms with Gasteiger partial charge in [0, 0.05) is 5.69 Å². The summed E-state index contributed by atoms with van der Waals surface area (Å²) in [6.45, 7) is 0. The third-order valence-electron chi connectivity index (χ3n) is 3.52. The van der Waals surface area contributed by atoms with Crippen LogP contribution in [-0.2, 0) is 4.79 Å². The molecule has 1 aliphatic rings. The second-order valence-electron chi connectivity index (χ2n) is 4.87. The lowest BCUT2D eigenvalue weighted by Gasteiger charge is -2.36. The quantitative estimate of drug-likeness (QED) is 0.799. The van der Waals surface area contributed by atoms with Gasteiger partial charge in [0.05, 0.1) is 11.1 Å². The number of aliphatic hydroxyl groups excluding tert-OH is 1. The van der Waals surface area contributed by atoms with E-state index in [-0.39, 0.29) is 5.02 Å². The van der Waals surface area contributed by atoms with Crippen LogP contribution in [0, 0.1) is 5.82 Å². The fourth-order valence-corrected chi connectivity index (χ4v) is 2.52. The van der Waals surface area contributed by atoms with Crippen molar-refractivity contribution in [1.82, 2.24) is 0 Å². The highest BCUT2D eigenvalue weighted by molar-refractivity contribution is 6.31. The number of aliphatic hydroxyl groups is 1. The maximum atomic E-state index is 13.1. The number of carboxylic acids is 1. The number of hydrogen-bond donors (Lipinski definition) is 3. The van der Waals surface area contributed by atoms with E-state index in [1.54, 1.807) is 0 Å². The van der Waals surface area contributed by atoms with Crippen LogP contribution in [0.25, 0.3) is 0 Å². The van der Waals surface area contributed by atoms with Crippen LogP contribution in [0.2, 0.25) is 5.02 Å². The molecule has 0 heterocycles. The molecule has 4 nitrogen and oxygen atoms in total. The first kappa shape index (κ1) is 14.1. The number of halogens is 2. The topological polar surface area (TPSA) is 69.6 Å². The molecule has 1 fully saturated rings. The minimum absolute atomic E-state index is 0.0543. The van der Waals surface area contributed by atoms with E-state index in [4.69, 9.17) is 11.6 Å². The molecule has 0 radical (unpaired) electrons. The summed E-state index contributed by atoms with van der Waals surface area (Å²) in [7, 11) is 0. The van der Waals surface area contributed by atoms with Crippen LogP contribution >= 0.6 is 11.6 Å². The van der Waals surface area contributed by atoms with Gasteiger partial charge in [-0.1, -0.05) is 11.6 Å². The lowest BCUT2D eigenvalue weighted by molar-refractivity contribution is -0.144. The zero-order valence-corrected chi connectivity index (χ0v) is 11.0.